The van der Waals surface area contributed by atoms with Crippen LogP contribution in [0.25, 0.3) is 27.8 Å². The zero-order valence-corrected chi connectivity index (χ0v) is 13.7. The molecule has 0 amide bonds. The van der Waals surface area contributed by atoms with E-state index in [-0.39, 0.29) is 0 Å². The van der Waals surface area contributed by atoms with Gasteiger partial charge in [-0.05, 0) is 47.9 Å². The van der Waals surface area contributed by atoms with Crippen LogP contribution in [0.3, 0.4) is 0 Å². The van der Waals surface area contributed by atoms with Gasteiger partial charge in [-0.3, -0.25) is 9.55 Å². The highest BCUT2D eigenvalue weighted by Crippen LogP contribution is 2.24. The molecule has 0 atom stereocenters. The normalized spacial score (nSPS) is 11.0. The summed E-state index contributed by atoms with van der Waals surface area (Å²) in [6, 6.07) is 19.1. The summed E-state index contributed by atoms with van der Waals surface area (Å²) in [5.41, 5.74) is 6.92. The standard InChI is InChI=1S/C21H19N3/c1-2-5-16-9-10-21-20(12-16)23-15-24(21)19-8-3-6-17(13-19)18-7-4-11-22-14-18/h3-4,6-15H,2,5H2,1H3. The van der Waals surface area contributed by atoms with Gasteiger partial charge in [-0.15, -0.1) is 0 Å². The van der Waals surface area contributed by atoms with Crippen molar-refractivity contribution in [3.05, 3.63) is 78.9 Å². The Morgan fingerprint density at radius 1 is 0.958 bits per heavy atom. The van der Waals surface area contributed by atoms with Gasteiger partial charge in [0.25, 0.3) is 0 Å². The van der Waals surface area contributed by atoms with Crippen LogP contribution in [0.15, 0.2) is 73.3 Å². The maximum absolute atomic E-state index is 4.59. The topological polar surface area (TPSA) is 30.7 Å². The number of pyridine rings is 1. The first kappa shape index (κ1) is 14.6. The number of hydrogen-bond acceptors (Lipinski definition) is 2. The van der Waals surface area contributed by atoms with E-state index in [9.17, 15) is 0 Å². The van der Waals surface area contributed by atoms with Crippen LogP contribution in [0.5, 0.6) is 0 Å². The number of rotatable bonds is 4. The zero-order valence-electron chi connectivity index (χ0n) is 13.7. The lowest BCUT2D eigenvalue weighted by molar-refractivity contribution is 0.923. The van der Waals surface area contributed by atoms with Gasteiger partial charge >= 0.3 is 0 Å². The smallest absolute Gasteiger partial charge is 0.100 e. The highest BCUT2D eigenvalue weighted by atomic mass is 15.0. The molecule has 2 heterocycles. The average Bonchev–Trinajstić information content (AvgIpc) is 3.06. The van der Waals surface area contributed by atoms with E-state index in [1.807, 2.05) is 18.6 Å². The predicted octanol–water partition coefficient (Wildman–Crippen LogP) is 5.04. The first-order chi connectivity index (χ1) is 11.8. The molecule has 0 saturated carbocycles. The van der Waals surface area contributed by atoms with Crippen molar-refractivity contribution in [3.8, 4) is 16.8 Å². The molecule has 4 aromatic rings. The Kier molecular flexibility index (Phi) is 3.83. The second-order valence-corrected chi connectivity index (χ2v) is 5.98. The van der Waals surface area contributed by atoms with Gasteiger partial charge in [-0.2, -0.15) is 0 Å². The molecular weight excluding hydrogens is 294 g/mol. The van der Waals surface area contributed by atoms with Gasteiger partial charge in [0.05, 0.1) is 11.0 Å². The van der Waals surface area contributed by atoms with E-state index >= 15 is 0 Å². The lowest BCUT2D eigenvalue weighted by Crippen LogP contribution is -1.93. The van der Waals surface area contributed by atoms with Crippen LogP contribution in [0.1, 0.15) is 18.9 Å². The molecule has 4 rings (SSSR count). The predicted molar refractivity (Wildman–Crippen MR) is 98.3 cm³/mol. The van der Waals surface area contributed by atoms with Crippen LogP contribution >= 0.6 is 0 Å². The fourth-order valence-corrected chi connectivity index (χ4v) is 3.08. The highest BCUT2D eigenvalue weighted by Gasteiger charge is 2.07. The summed E-state index contributed by atoms with van der Waals surface area (Å²) in [4.78, 5) is 8.80. The minimum Gasteiger partial charge on any atom is -0.299 e. The molecule has 0 fully saturated rings. The molecule has 0 spiro atoms. The molecule has 2 aromatic carbocycles. The van der Waals surface area contributed by atoms with Crippen molar-refractivity contribution in [1.82, 2.24) is 14.5 Å². The summed E-state index contributed by atoms with van der Waals surface area (Å²) in [6.45, 7) is 2.20. The fourth-order valence-electron chi connectivity index (χ4n) is 3.08. The van der Waals surface area contributed by atoms with Crippen molar-refractivity contribution >= 4 is 11.0 Å². The fraction of sp³-hybridized carbons (Fsp3) is 0.143. The third-order valence-corrected chi connectivity index (χ3v) is 4.27. The SMILES string of the molecule is CCCc1ccc2c(c1)ncn2-c1cccc(-c2cccnc2)c1. The molecule has 0 N–H and O–H groups in total. The Morgan fingerprint density at radius 2 is 1.88 bits per heavy atom. The average molecular weight is 313 g/mol. The lowest BCUT2D eigenvalue weighted by atomic mass is 10.1. The first-order valence-corrected chi connectivity index (χ1v) is 8.32. The molecule has 0 aliphatic rings. The van der Waals surface area contributed by atoms with E-state index in [4.69, 9.17) is 0 Å². The Morgan fingerprint density at radius 3 is 2.71 bits per heavy atom. The number of aromatic nitrogens is 3. The number of fused-ring (bicyclic) bond motifs is 1. The second-order valence-electron chi connectivity index (χ2n) is 5.98. The van der Waals surface area contributed by atoms with Crippen LogP contribution in [0.4, 0.5) is 0 Å². The van der Waals surface area contributed by atoms with E-state index in [1.54, 1.807) is 6.20 Å². The van der Waals surface area contributed by atoms with Crippen molar-refractivity contribution in [3.63, 3.8) is 0 Å². The van der Waals surface area contributed by atoms with E-state index in [0.717, 1.165) is 40.7 Å². The van der Waals surface area contributed by atoms with Crippen LogP contribution in [-0.2, 0) is 6.42 Å². The summed E-state index contributed by atoms with van der Waals surface area (Å²) in [5, 5.41) is 0. The Labute approximate surface area is 141 Å². The first-order valence-electron chi connectivity index (χ1n) is 8.32. The maximum atomic E-state index is 4.59. The molecule has 0 radical (unpaired) electrons. The van der Waals surface area contributed by atoms with Crippen LogP contribution in [0.2, 0.25) is 0 Å². The molecule has 0 aliphatic heterocycles. The summed E-state index contributed by atoms with van der Waals surface area (Å²) < 4.78 is 2.14. The second kappa shape index (κ2) is 6.28. The molecule has 0 aliphatic carbocycles. The monoisotopic (exact) mass is 313 g/mol. The Bertz CT molecular complexity index is 971. The molecular formula is C21H19N3. The van der Waals surface area contributed by atoms with E-state index < -0.39 is 0 Å². The molecule has 2 aromatic heterocycles. The van der Waals surface area contributed by atoms with Gasteiger partial charge in [0.1, 0.15) is 6.33 Å². The van der Waals surface area contributed by atoms with Crippen molar-refractivity contribution in [2.75, 3.05) is 0 Å². The molecule has 3 heteroatoms. The van der Waals surface area contributed by atoms with Gasteiger partial charge in [-0.1, -0.05) is 37.6 Å². The quantitative estimate of drug-likeness (QED) is 0.528. The van der Waals surface area contributed by atoms with Gasteiger partial charge in [0.2, 0.25) is 0 Å². The van der Waals surface area contributed by atoms with E-state index in [0.29, 0.717) is 0 Å². The molecule has 24 heavy (non-hydrogen) atoms. The van der Waals surface area contributed by atoms with Crippen molar-refractivity contribution in [1.29, 1.82) is 0 Å². The largest absolute Gasteiger partial charge is 0.299 e. The van der Waals surface area contributed by atoms with E-state index in [2.05, 4.69) is 70.0 Å². The summed E-state index contributed by atoms with van der Waals surface area (Å²) in [6.07, 6.45) is 7.84. The molecule has 3 nitrogen and oxygen atoms in total. The summed E-state index contributed by atoms with van der Waals surface area (Å²) in [7, 11) is 0. The van der Waals surface area contributed by atoms with Crippen molar-refractivity contribution < 1.29 is 0 Å². The molecule has 0 bridgehead atoms. The summed E-state index contributed by atoms with van der Waals surface area (Å²) >= 11 is 0. The van der Waals surface area contributed by atoms with Crippen LogP contribution in [-0.4, -0.2) is 14.5 Å². The lowest BCUT2D eigenvalue weighted by Gasteiger charge is -2.08. The van der Waals surface area contributed by atoms with Gasteiger partial charge < -0.3 is 0 Å². The minimum absolute atomic E-state index is 1.05. The Balaban J connectivity index is 1.78. The summed E-state index contributed by atoms with van der Waals surface area (Å²) in [5.74, 6) is 0. The molecule has 0 unspecified atom stereocenters. The number of nitrogens with zero attached hydrogens (tertiary/aromatic N) is 3. The van der Waals surface area contributed by atoms with Crippen molar-refractivity contribution in [2.24, 2.45) is 0 Å². The number of imidazole rings is 1. The van der Waals surface area contributed by atoms with Crippen LogP contribution < -0.4 is 0 Å². The van der Waals surface area contributed by atoms with Crippen LogP contribution in [0, 0.1) is 0 Å². The zero-order chi connectivity index (χ0) is 16.4. The third kappa shape index (κ3) is 2.69. The Hall–Kier alpha value is -2.94. The maximum Gasteiger partial charge on any atom is 0.100 e. The minimum atomic E-state index is 1.05. The number of hydrogen-bond donors (Lipinski definition) is 0. The van der Waals surface area contributed by atoms with E-state index in [1.165, 1.54) is 5.56 Å². The third-order valence-electron chi connectivity index (χ3n) is 4.27. The number of aryl methyl sites for hydroxylation is 1. The van der Waals surface area contributed by atoms with Gasteiger partial charge in [0, 0.05) is 23.6 Å². The highest BCUT2D eigenvalue weighted by molar-refractivity contribution is 5.78. The van der Waals surface area contributed by atoms with Gasteiger partial charge in [-0.25, -0.2) is 4.98 Å². The molecule has 0 saturated heterocycles. The van der Waals surface area contributed by atoms with Gasteiger partial charge in [0.15, 0.2) is 0 Å². The number of benzene rings is 2. The molecule has 118 valence electrons. The van der Waals surface area contributed by atoms with Crippen molar-refractivity contribution in [2.45, 2.75) is 19.8 Å².